The van der Waals surface area contributed by atoms with Crippen molar-refractivity contribution < 1.29 is 14.3 Å². The first-order valence-corrected chi connectivity index (χ1v) is 11.0. The highest BCUT2D eigenvalue weighted by molar-refractivity contribution is 6.28. The molecule has 5 nitrogen and oxygen atoms in total. The van der Waals surface area contributed by atoms with Gasteiger partial charge < -0.3 is 4.74 Å². The Morgan fingerprint density at radius 2 is 1.71 bits per heavy atom. The Morgan fingerprint density at radius 3 is 2.32 bits per heavy atom. The Hall–Kier alpha value is -3.10. The van der Waals surface area contributed by atoms with Crippen LogP contribution in [0, 0.1) is 11.3 Å². The molecular formula is C25H25ClN2O3. The maximum Gasteiger partial charge on any atom is 0.414 e. The molecule has 6 heteroatoms. The van der Waals surface area contributed by atoms with Gasteiger partial charge >= 0.3 is 6.09 Å². The maximum atomic E-state index is 13.5. The van der Waals surface area contributed by atoms with E-state index in [-0.39, 0.29) is 12.4 Å². The van der Waals surface area contributed by atoms with E-state index in [2.05, 4.69) is 6.07 Å². The lowest BCUT2D eigenvalue weighted by Crippen LogP contribution is -2.25. The van der Waals surface area contributed by atoms with E-state index in [0.29, 0.717) is 41.2 Å². The summed E-state index contributed by atoms with van der Waals surface area (Å²) in [6.45, 7) is 0.640. The van der Waals surface area contributed by atoms with Crippen LogP contribution in [0.2, 0.25) is 0 Å². The predicted octanol–water partition coefficient (Wildman–Crippen LogP) is 5.64. The summed E-state index contributed by atoms with van der Waals surface area (Å²) in [6.07, 6.45) is 3.53. The summed E-state index contributed by atoms with van der Waals surface area (Å²) >= 11 is 5.75. The molecule has 1 aliphatic heterocycles. The Labute approximate surface area is 187 Å². The zero-order valence-corrected chi connectivity index (χ0v) is 18.1. The molecule has 1 saturated heterocycles. The van der Waals surface area contributed by atoms with Gasteiger partial charge in [-0.3, -0.25) is 9.69 Å². The van der Waals surface area contributed by atoms with Gasteiger partial charge in [-0.2, -0.15) is 5.26 Å². The van der Waals surface area contributed by atoms with Crippen LogP contribution < -0.4 is 0 Å². The van der Waals surface area contributed by atoms with Gasteiger partial charge in [0.25, 0.3) is 0 Å². The van der Waals surface area contributed by atoms with Gasteiger partial charge in [0.05, 0.1) is 23.9 Å². The van der Waals surface area contributed by atoms with Crippen molar-refractivity contribution in [1.82, 2.24) is 4.90 Å². The van der Waals surface area contributed by atoms with Crippen LogP contribution in [0.15, 0.2) is 54.6 Å². The molecule has 1 amide bonds. The summed E-state index contributed by atoms with van der Waals surface area (Å²) in [7, 11) is 0. The fourth-order valence-corrected chi connectivity index (χ4v) is 3.82. The van der Waals surface area contributed by atoms with Gasteiger partial charge in [0.2, 0.25) is 0 Å². The highest BCUT2D eigenvalue weighted by atomic mass is 35.5. The summed E-state index contributed by atoms with van der Waals surface area (Å²) in [5, 5.41) is 9.15. The molecule has 0 bridgehead atoms. The van der Waals surface area contributed by atoms with E-state index in [4.69, 9.17) is 21.6 Å². The summed E-state index contributed by atoms with van der Waals surface area (Å²) in [5.41, 5.74) is 3.00. The SMILES string of the molecule is N#Cc1ccc(/C(=C(\C(=O)CCCCCCCl)c2ccccc2)N2CCOC2=O)cc1. The number of carbonyl (C=O) groups is 2. The van der Waals surface area contributed by atoms with E-state index in [1.54, 1.807) is 24.3 Å². The van der Waals surface area contributed by atoms with Gasteiger partial charge in [0.15, 0.2) is 5.78 Å². The van der Waals surface area contributed by atoms with Crippen molar-refractivity contribution in [3.63, 3.8) is 0 Å². The molecule has 0 aliphatic carbocycles. The topological polar surface area (TPSA) is 70.4 Å². The number of cyclic esters (lactones) is 1. The third-order valence-corrected chi connectivity index (χ3v) is 5.45. The monoisotopic (exact) mass is 436 g/mol. The smallest absolute Gasteiger partial charge is 0.414 e. The van der Waals surface area contributed by atoms with Crippen molar-refractivity contribution >= 4 is 34.7 Å². The number of benzene rings is 2. The number of hydrogen-bond donors (Lipinski definition) is 0. The van der Waals surface area contributed by atoms with E-state index in [0.717, 1.165) is 31.2 Å². The van der Waals surface area contributed by atoms with Crippen molar-refractivity contribution in [2.24, 2.45) is 0 Å². The normalized spacial score (nSPS) is 14.1. The Kier molecular flexibility index (Phi) is 8.26. The fraction of sp³-hybridized carbons (Fsp3) is 0.320. The third-order valence-electron chi connectivity index (χ3n) is 5.18. The average molecular weight is 437 g/mol. The minimum atomic E-state index is -0.470. The fourth-order valence-electron chi connectivity index (χ4n) is 3.63. The lowest BCUT2D eigenvalue weighted by Gasteiger charge is -2.22. The molecular weight excluding hydrogens is 412 g/mol. The van der Waals surface area contributed by atoms with Gasteiger partial charge in [-0.15, -0.1) is 11.6 Å². The first-order chi connectivity index (χ1) is 15.2. The summed E-state index contributed by atoms with van der Waals surface area (Å²) in [4.78, 5) is 27.5. The number of amides is 1. The molecule has 1 aliphatic rings. The van der Waals surface area contributed by atoms with Crippen LogP contribution in [-0.4, -0.2) is 35.8 Å². The molecule has 3 rings (SSSR count). The van der Waals surface area contributed by atoms with E-state index in [1.807, 2.05) is 30.3 Å². The number of halogens is 1. The minimum absolute atomic E-state index is 0.0175. The maximum absolute atomic E-state index is 13.5. The van der Waals surface area contributed by atoms with Crippen LogP contribution >= 0.6 is 11.6 Å². The summed E-state index contributed by atoms with van der Waals surface area (Å²) < 4.78 is 5.18. The number of unbranched alkanes of at least 4 members (excludes halogenated alkanes) is 3. The van der Waals surface area contributed by atoms with Crippen molar-refractivity contribution in [1.29, 1.82) is 5.26 Å². The number of ether oxygens (including phenoxy) is 1. The van der Waals surface area contributed by atoms with Gasteiger partial charge in [-0.25, -0.2) is 4.79 Å². The van der Waals surface area contributed by atoms with Gasteiger partial charge in [-0.05, 0) is 36.1 Å². The Bertz CT molecular complexity index is 978. The van der Waals surface area contributed by atoms with Gasteiger partial charge in [-0.1, -0.05) is 55.3 Å². The summed E-state index contributed by atoms with van der Waals surface area (Å²) in [6, 6.07) is 18.4. The lowest BCUT2D eigenvalue weighted by molar-refractivity contribution is -0.113. The van der Waals surface area contributed by atoms with Crippen LogP contribution in [0.5, 0.6) is 0 Å². The average Bonchev–Trinajstić information content (AvgIpc) is 3.23. The number of nitrogens with zero attached hydrogens (tertiary/aromatic N) is 2. The highest BCUT2D eigenvalue weighted by Crippen LogP contribution is 2.33. The van der Waals surface area contributed by atoms with Crippen LogP contribution in [-0.2, 0) is 9.53 Å². The minimum Gasteiger partial charge on any atom is -0.447 e. The molecule has 0 saturated carbocycles. The molecule has 2 aromatic rings. The van der Waals surface area contributed by atoms with E-state index < -0.39 is 6.09 Å². The van der Waals surface area contributed by atoms with Crippen LogP contribution in [0.25, 0.3) is 11.3 Å². The number of carbonyl (C=O) groups excluding carboxylic acids is 2. The first-order valence-electron chi connectivity index (χ1n) is 10.5. The Morgan fingerprint density at radius 1 is 1.00 bits per heavy atom. The van der Waals surface area contributed by atoms with Crippen LogP contribution in [0.1, 0.15) is 48.8 Å². The second-order valence-corrected chi connectivity index (χ2v) is 7.70. The first kappa shape index (κ1) is 22.6. The van der Waals surface area contributed by atoms with Crippen LogP contribution in [0.4, 0.5) is 4.79 Å². The molecule has 0 aromatic heterocycles. The second kappa shape index (κ2) is 11.3. The number of ketones is 1. The number of Topliss-reactive ketones (excluding diaryl/α,β-unsaturated/α-hetero) is 1. The Balaban J connectivity index is 2.07. The molecule has 0 spiro atoms. The summed E-state index contributed by atoms with van der Waals surface area (Å²) in [5.74, 6) is 0.611. The van der Waals surface area contributed by atoms with Crippen molar-refractivity contribution in [2.45, 2.75) is 32.1 Å². The standard InChI is InChI=1S/C25H25ClN2O3/c26-15-7-2-1-6-10-22(29)23(20-8-4-3-5-9-20)24(28-16-17-31-25(28)30)21-13-11-19(18-27)12-14-21/h3-5,8-9,11-14H,1-2,6-7,10,15-17H2/b24-23+. The molecule has 1 heterocycles. The zero-order chi connectivity index (χ0) is 22.1. The number of alkyl halides is 1. The molecule has 2 aromatic carbocycles. The van der Waals surface area contributed by atoms with Gasteiger partial charge in [0.1, 0.15) is 6.61 Å². The molecule has 0 radical (unpaired) electrons. The van der Waals surface area contributed by atoms with E-state index in [1.165, 1.54) is 4.90 Å². The number of nitriles is 1. The number of rotatable bonds is 10. The molecule has 0 N–H and O–H groups in total. The molecule has 0 atom stereocenters. The largest absolute Gasteiger partial charge is 0.447 e. The second-order valence-electron chi connectivity index (χ2n) is 7.32. The van der Waals surface area contributed by atoms with Crippen molar-refractivity contribution in [3.8, 4) is 6.07 Å². The molecule has 1 fully saturated rings. The quantitative estimate of drug-likeness (QED) is 0.209. The number of allylic oxidation sites excluding steroid dienone is 1. The van der Waals surface area contributed by atoms with Gasteiger partial charge in [0, 0.05) is 17.9 Å². The number of hydrogen-bond acceptors (Lipinski definition) is 4. The zero-order valence-electron chi connectivity index (χ0n) is 17.4. The van der Waals surface area contributed by atoms with Crippen molar-refractivity contribution in [2.75, 3.05) is 19.0 Å². The van der Waals surface area contributed by atoms with Crippen LogP contribution in [0.3, 0.4) is 0 Å². The molecule has 0 unspecified atom stereocenters. The van der Waals surface area contributed by atoms with E-state index >= 15 is 0 Å². The predicted molar refractivity (Wildman–Crippen MR) is 121 cm³/mol. The molecule has 31 heavy (non-hydrogen) atoms. The van der Waals surface area contributed by atoms with Crippen molar-refractivity contribution in [3.05, 3.63) is 71.3 Å². The highest BCUT2D eigenvalue weighted by Gasteiger charge is 2.31. The van der Waals surface area contributed by atoms with E-state index in [9.17, 15) is 9.59 Å². The lowest BCUT2D eigenvalue weighted by atomic mass is 9.92. The molecule has 160 valence electrons. The third kappa shape index (κ3) is 5.74.